The van der Waals surface area contributed by atoms with Crippen molar-refractivity contribution < 1.29 is 266 Å². The molecule has 0 amide bonds. The van der Waals surface area contributed by atoms with E-state index < -0.39 is 247 Å². The Labute approximate surface area is 708 Å². The van der Waals surface area contributed by atoms with E-state index in [1.165, 1.54) is 7.05 Å². The Kier molecular flexibility index (Phi) is 75.5. The molecule has 0 aliphatic carbocycles. The third-order valence-corrected chi connectivity index (χ3v) is 22.9. The van der Waals surface area contributed by atoms with E-state index >= 15 is 0 Å². The summed E-state index contributed by atoms with van der Waals surface area (Å²) in [5.41, 5.74) is 0. The molecule has 748 valence electrons. The van der Waals surface area contributed by atoms with Gasteiger partial charge in [-0.05, 0) is 92.1 Å². The van der Waals surface area contributed by atoms with Crippen molar-refractivity contribution in [3.63, 3.8) is 0 Å². The molecule has 20 atom stereocenters. The molecule has 0 aromatic rings. The highest BCUT2D eigenvalue weighted by atomic mass is 31.2. The summed E-state index contributed by atoms with van der Waals surface area (Å²) < 4.78 is 254. The minimum atomic E-state index is -5.15. The zero-order chi connectivity index (χ0) is 96.2. The van der Waals surface area contributed by atoms with Gasteiger partial charge in [-0.2, -0.15) is 0 Å². The first-order chi connectivity index (χ1) is 56.1. The summed E-state index contributed by atoms with van der Waals surface area (Å²) >= 11 is 0. The van der Waals surface area contributed by atoms with Crippen molar-refractivity contribution in [1.82, 2.24) is 31.9 Å². The van der Waals surface area contributed by atoms with E-state index in [4.69, 9.17) is 29.6 Å². The monoisotopic (exact) mass is 2090 g/mol. The Morgan fingerprint density at radius 2 is 0.333 bits per heavy atom. The fourth-order valence-corrected chi connectivity index (χ4v) is 15.2. The molecule has 0 aromatic carbocycles. The van der Waals surface area contributed by atoms with Gasteiger partial charge in [-0.15, -0.1) is 0 Å². The minimum absolute atomic E-state index is 0.00562. The highest BCUT2D eigenvalue weighted by Crippen LogP contribution is 2.47. The van der Waals surface area contributed by atoms with Gasteiger partial charge in [0, 0.05) is 31.5 Å². The maximum Gasteiger partial charge on any atom is 0.268 e. The van der Waals surface area contributed by atoms with E-state index in [9.17, 15) is 132 Å². The lowest BCUT2D eigenvalue weighted by atomic mass is 10.2. The van der Waals surface area contributed by atoms with Crippen LogP contribution >= 0.6 is 110 Å². The van der Waals surface area contributed by atoms with Crippen LogP contribution < -0.4 is 100 Å². The van der Waals surface area contributed by atoms with Crippen molar-refractivity contribution in [2.24, 2.45) is 35.5 Å². The number of hydrogen-bond donors (Lipinski definition) is 12. The van der Waals surface area contributed by atoms with Crippen molar-refractivity contribution in [2.45, 2.75) is 27.7 Å². The summed E-state index contributed by atoms with van der Waals surface area (Å²) in [4.78, 5) is 196. The summed E-state index contributed by atoms with van der Waals surface area (Å²) in [6.07, 6.45) is 0. The van der Waals surface area contributed by atoms with Gasteiger partial charge in [0.1, 0.15) is 0 Å². The first-order valence-electron chi connectivity index (χ1n) is 34.4. The third-order valence-electron chi connectivity index (χ3n) is 11.6. The summed E-state index contributed by atoms with van der Waals surface area (Å²) in [5.74, 6) is -1.56. The van der Waals surface area contributed by atoms with Gasteiger partial charge < -0.3 is 234 Å². The summed E-state index contributed by atoms with van der Waals surface area (Å²) in [7, 11) is -57.8. The van der Waals surface area contributed by atoms with Crippen molar-refractivity contribution in [2.75, 3.05) is 240 Å². The summed E-state index contributed by atoms with van der Waals surface area (Å²) in [6, 6.07) is 0. The number of aliphatic hydroxyl groups excluding tert-OH is 1. The van der Waals surface area contributed by atoms with Crippen LogP contribution in [0, 0.1) is 35.5 Å². The van der Waals surface area contributed by atoms with Crippen LogP contribution in [0.3, 0.4) is 0 Å². The number of hydrogen-bond acceptors (Lipinski definition) is 58. The molecule has 0 rings (SSSR count). The first kappa shape index (κ1) is 133. The molecule has 0 saturated heterocycles. The SMILES string of the molecule is CNCC(C)COP(=O)([O-])OCCOP(=O)([O-])O.CNCC(C)COP(=O)([O-])OCCOP(=O)([O-])O.CNCC(C)COP(=O)([O-])OCCOP(=O)([O-])O.CNCC(C)COP(=O)([O-])OCCOP(=O)([O-])O.CNCC(CO)COP(=O)([O-])OCCOP(=O)([O-])OCCOP(=O)([O-])OCCOP(=O)([O-])OCCOP(=O)([O-])OCC(CNC)COP(=O)([O-])O. The molecule has 0 bridgehead atoms. The molecule has 12 N–H and O–H groups in total. The largest absolute Gasteiger partial charge is 0.756 e. The van der Waals surface area contributed by atoms with Gasteiger partial charge in [-0.3, -0.25) is 63.9 Å². The van der Waals surface area contributed by atoms with E-state index in [2.05, 4.69) is 136 Å². The number of phosphoric ester groups is 14. The quantitative estimate of drug-likeness (QED) is 0.0199. The predicted molar refractivity (Wildman–Crippen MR) is 389 cm³/mol. The molecule has 20 unspecified atom stereocenters. The van der Waals surface area contributed by atoms with Gasteiger partial charge >= 0.3 is 0 Å². The maximum atomic E-state index is 11.8. The van der Waals surface area contributed by atoms with Crippen molar-refractivity contribution in [1.29, 1.82) is 0 Å². The molecule has 77 heteroatoms. The number of rotatable bonds is 74. The van der Waals surface area contributed by atoms with E-state index in [1.807, 2.05) is 0 Å². The first-order valence-corrected chi connectivity index (χ1v) is 55.0. The average Bonchev–Trinajstić information content (AvgIpc) is 0.899. The van der Waals surface area contributed by atoms with Crippen LogP contribution in [0.2, 0.25) is 0 Å². The Morgan fingerprint density at radius 1 is 0.203 bits per heavy atom. The van der Waals surface area contributed by atoms with Crippen LogP contribution in [0.5, 0.6) is 0 Å². The zero-order valence-corrected chi connectivity index (χ0v) is 80.0. The molecular formula is C46H108N6O57P14-14. The summed E-state index contributed by atoms with van der Waals surface area (Å²) in [5, 5.41) is 25.8. The highest BCUT2D eigenvalue weighted by molar-refractivity contribution is 7.49. The number of phosphoric acid groups is 14. The molecule has 0 aliphatic rings. The van der Waals surface area contributed by atoms with E-state index in [1.54, 1.807) is 62.9 Å². The molecule has 0 spiro atoms. The van der Waals surface area contributed by atoms with Crippen LogP contribution in [-0.2, 0) is 168 Å². The van der Waals surface area contributed by atoms with Crippen LogP contribution in [0.1, 0.15) is 27.7 Å². The topological polar surface area (TPSA) is 968 Å². The van der Waals surface area contributed by atoms with E-state index in [0.29, 0.717) is 26.2 Å². The lowest BCUT2D eigenvalue weighted by Gasteiger charge is -2.28. The molecular weight excluding hydrogens is 1980 g/mol. The molecule has 0 saturated carbocycles. The minimum Gasteiger partial charge on any atom is -0.756 e. The van der Waals surface area contributed by atoms with Crippen molar-refractivity contribution >= 4 is 110 Å². The lowest BCUT2D eigenvalue weighted by Crippen LogP contribution is -2.28. The van der Waals surface area contributed by atoms with E-state index in [-0.39, 0.29) is 69.8 Å². The molecule has 123 heavy (non-hydrogen) atoms. The second kappa shape index (κ2) is 70.0. The molecule has 0 aliphatic heterocycles. The van der Waals surface area contributed by atoms with Gasteiger partial charge in [-0.25, -0.2) is 0 Å². The van der Waals surface area contributed by atoms with Gasteiger partial charge in [-0.1, -0.05) is 27.7 Å². The smallest absolute Gasteiger partial charge is 0.268 e. The fourth-order valence-electron chi connectivity index (χ4n) is 6.75. The Balaban J connectivity index is -0.000000528. The number of aliphatic hydroxyl groups is 1. The molecule has 0 aromatic heterocycles. The predicted octanol–water partition coefficient (Wildman–Crippen LogP) is -9.08. The highest BCUT2D eigenvalue weighted by Gasteiger charge is 2.23. The number of nitrogens with one attached hydrogen (secondary N) is 6. The van der Waals surface area contributed by atoms with Crippen molar-refractivity contribution in [3.8, 4) is 0 Å². The van der Waals surface area contributed by atoms with Crippen LogP contribution in [0.15, 0.2) is 0 Å². The standard InChI is InChI=1S/C18H46N2O25P6.4C7H19NO8P2/c1-19-11-17(13-21)14-44-50(31,32)41-9-7-39-48(27,28)37-5-3-35-47(25,26)36-4-6-38-49(29,30)40-8-10-42-51(33,34)45-16-18(12-20-2)15-43-46(22,23)24;4*1-7(5-8-2)6-16-18(12,13)15-4-3-14-17(9,10)11/h17-21H,3-16H2,1-2H3,(H,25,26)(H,27,28)(H,29,30)(H,31,32)(H,33,34)(H2,22,23,24);4*7-8H,3-6H2,1-2H3,(H,12,13)(H2,9,10,11)/p-14. The molecule has 0 radical (unpaired) electrons. The third kappa shape index (κ3) is 99.1. The average molecular weight is 2090 g/mol. The molecule has 0 heterocycles. The Hall–Kier alpha value is 1.26. The van der Waals surface area contributed by atoms with Gasteiger partial charge in [0.15, 0.2) is 0 Å². The summed E-state index contributed by atoms with van der Waals surface area (Å²) in [6.45, 7) is -4.51. The van der Waals surface area contributed by atoms with Gasteiger partial charge in [0.05, 0.1) is 152 Å². The molecule has 0 fully saturated rings. The van der Waals surface area contributed by atoms with Gasteiger partial charge in [0.2, 0.25) is 0 Å². The second-order valence-corrected chi connectivity index (χ2v) is 42.1. The van der Waals surface area contributed by atoms with E-state index in [0.717, 1.165) is 0 Å². The lowest BCUT2D eigenvalue weighted by molar-refractivity contribution is -0.238. The Morgan fingerprint density at radius 3 is 0.488 bits per heavy atom. The van der Waals surface area contributed by atoms with Crippen LogP contribution in [-0.4, -0.2) is 270 Å². The fraction of sp³-hybridized carbons (Fsp3) is 1.00. The van der Waals surface area contributed by atoms with Crippen LogP contribution in [0.25, 0.3) is 0 Å². The normalized spacial score (nSPS) is 20.3. The molecule has 63 nitrogen and oxygen atoms in total. The zero-order valence-electron chi connectivity index (χ0n) is 67.4. The second-order valence-electron chi connectivity index (χ2n) is 23.5. The van der Waals surface area contributed by atoms with Crippen molar-refractivity contribution in [3.05, 3.63) is 0 Å². The van der Waals surface area contributed by atoms with Crippen LogP contribution in [0.4, 0.5) is 0 Å². The maximum absolute atomic E-state index is 11.8. The Bertz CT molecular complexity index is 3210. The van der Waals surface area contributed by atoms with Gasteiger partial charge in [0.25, 0.3) is 110 Å².